The molecule has 6 heteroatoms. The van der Waals surface area contributed by atoms with Gasteiger partial charge in [0.1, 0.15) is 0 Å². The average Bonchev–Trinajstić information content (AvgIpc) is 2.50. The van der Waals surface area contributed by atoms with Crippen LogP contribution in [0.25, 0.3) is 0 Å². The van der Waals surface area contributed by atoms with Crippen molar-refractivity contribution in [2.24, 2.45) is 0 Å². The smallest absolute Gasteiger partial charge is 0.305 e. The summed E-state index contributed by atoms with van der Waals surface area (Å²) in [6.45, 7) is 4.20. The number of anilines is 1. The van der Waals surface area contributed by atoms with E-state index in [0.29, 0.717) is 48.7 Å². The number of carbonyl (C=O) groups is 2. The highest BCUT2D eigenvalue weighted by Crippen LogP contribution is 2.33. The molecule has 0 aliphatic rings. The first-order chi connectivity index (χ1) is 10.5. The van der Waals surface area contributed by atoms with Crippen LogP contribution in [0.2, 0.25) is 0 Å². The molecule has 0 saturated carbocycles. The Kier molecular flexibility index (Phi) is 7.22. The van der Waals surface area contributed by atoms with Crippen LogP contribution in [0.1, 0.15) is 37.0 Å². The second-order valence-electron chi connectivity index (χ2n) is 4.64. The summed E-state index contributed by atoms with van der Waals surface area (Å²) in [5.41, 5.74) is 1.18. The lowest BCUT2D eigenvalue weighted by Crippen LogP contribution is -2.10. The molecule has 0 aromatic heterocycles. The predicted octanol–water partition coefficient (Wildman–Crippen LogP) is 2.66. The first kappa shape index (κ1) is 17.8. The molecule has 0 atom stereocenters. The van der Waals surface area contributed by atoms with Crippen molar-refractivity contribution >= 4 is 17.4 Å². The van der Waals surface area contributed by atoms with Gasteiger partial charge >= 0.3 is 5.97 Å². The van der Waals surface area contributed by atoms with Crippen molar-refractivity contribution in [3.63, 3.8) is 0 Å². The zero-order valence-corrected chi connectivity index (χ0v) is 13.5. The fourth-order valence-corrected chi connectivity index (χ4v) is 2.01. The van der Waals surface area contributed by atoms with Gasteiger partial charge in [0, 0.05) is 30.3 Å². The molecule has 122 valence electrons. The first-order valence-electron chi connectivity index (χ1n) is 7.19. The van der Waals surface area contributed by atoms with Crippen LogP contribution >= 0.6 is 0 Å². The van der Waals surface area contributed by atoms with Crippen molar-refractivity contribution in [2.75, 3.05) is 32.7 Å². The predicted molar refractivity (Wildman–Crippen MR) is 83.9 cm³/mol. The SMILES string of the molecule is CCOC(=O)CCCNc1cc(OC)c(OC)cc1C(C)=O. The fourth-order valence-electron chi connectivity index (χ4n) is 2.01. The third kappa shape index (κ3) is 4.95. The molecule has 1 aromatic rings. The summed E-state index contributed by atoms with van der Waals surface area (Å²) in [5.74, 6) is 0.752. The summed E-state index contributed by atoms with van der Waals surface area (Å²) in [6, 6.07) is 3.37. The summed E-state index contributed by atoms with van der Waals surface area (Å²) in [6.07, 6.45) is 0.952. The minimum Gasteiger partial charge on any atom is -0.493 e. The topological polar surface area (TPSA) is 73.9 Å². The third-order valence-corrected chi connectivity index (χ3v) is 3.08. The van der Waals surface area contributed by atoms with Crippen LogP contribution in [0.5, 0.6) is 11.5 Å². The van der Waals surface area contributed by atoms with Gasteiger partial charge in [-0.1, -0.05) is 0 Å². The number of benzene rings is 1. The van der Waals surface area contributed by atoms with E-state index in [4.69, 9.17) is 14.2 Å². The summed E-state index contributed by atoms with van der Waals surface area (Å²) in [4.78, 5) is 23.0. The Bertz CT molecular complexity index is 528. The van der Waals surface area contributed by atoms with Crippen LogP contribution in [-0.4, -0.2) is 39.1 Å². The Morgan fingerprint density at radius 3 is 2.32 bits per heavy atom. The molecule has 1 aromatic carbocycles. The quantitative estimate of drug-likeness (QED) is 0.429. The third-order valence-electron chi connectivity index (χ3n) is 3.08. The number of Topliss-reactive ketones (excluding diaryl/α,β-unsaturated/α-hetero) is 1. The van der Waals surface area contributed by atoms with E-state index >= 15 is 0 Å². The van der Waals surface area contributed by atoms with Crippen LogP contribution in [0, 0.1) is 0 Å². The molecule has 0 heterocycles. The largest absolute Gasteiger partial charge is 0.493 e. The molecule has 22 heavy (non-hydrogen) atoms. The van der Waals surface area contributed by atoms with Crippen molar-refractivity contribution in [3.8, 4) is 11.5 Å². The highest BCUT2D eigenvalue weighted by Gasteiger charge is 2.14. The van der Waals surface area contributed by atoms with Gasteiger partial charge in [0.2, 0.25) is 0 Å². The lowest BCUT2D eigenvalue weighted by molar-refractivity contribution is -0.143. The number of esters is 1. The van der Waals surface area contributed by atoms with Crippen molar-refractivity contribution < 1.29 is 23.8 Å². The molecule has 0 amide bonds. The number of ketones is 1. The van der Waals surface area contributed by atoms with Crippen molar-refractivity contribution in [3.05, 3.63) is 17.7 Å². The summed E-state index contributed by atoms with van der Waals surface area (Å²) in [7, 11) is 3.06. The van der Waals surface area contributed by atoms with Gasteiger partial charge in [-0.25, -0.2) is 0 Å². The molecule has 0 saturated heterocycles. The Morgan fingerprint density at radius 1 is 1.14 bits per heavy atom. The number of carbonyl (C=O) groups excluding carboxylic acids is 2. The summed E-state index contributed by atoms with van der Waals surface area (Å²) < 4.78 is 15.3. The Morgan fingerprint density at radius 2 is 1.77 bits per heavy atom. The van der Waals surface area contributed by atoms with Crippen LogP contribution in [-0.2, 0) is 9.53 Å². The van der Waals surface area contributed by atoms with Gasteiger partial charge in [0.25, 0.3) is 0 Å². The van der Waals surface area contributed by atoms with Gasteiger partial charge in [-0.15, -0.1) is 0 Å². The highest BCUT2D eigenvalue weighted by atomic mass is 16.5. The van der Waals surface area contributed by atoms with E-state index in [9.17, 15) is 9.59 Å². The second-order valence-corrected chi connectivity index (χ2v) is 4.64. The van der Waals surface area contributed by atoms with Crippen molar-refractivity contribution in [2.45, 2.75) is 26.7 Å². The molecule has 0 unspecified atom stereocenters. The number of hydrogen-bond acceptors (Lipinski definition) is 6. The number of methoxy groups -OCH3 is 2. The lowest BCUT2D eigenvalue weighted by Gasteiger charge is -2.15. The number of ether oxygens (including phenoxy) is 3. The van der Waals surface area contributed by atoms with Gasteiger partial charge in [0.05, 0.1) is 20.8 Å². The standard InChI is InChI=1S/C16H23NO5/c1-5-22-16(19)7-6-8-17-13-10-15(21-4)14(20-3)9-12(13)11(2)18/h9-10,17H,5-8H2,1-4H3. The van der Waals surface area contributed by atoms with Gasteiger partial charge in [-0.2, -0.15) is 0 Å². The number of rotatable bonds is 9. The van der Waals surface area contributed by atoms with E-state index < -0.39 is 0 Å². The van der Waals surface area contributed by atoms with Gasteiger partial charge in [-0.05, 0) is 26.3 Å². The number of nitrogens with one attached hydrogen (secondary N) is 1. The minimum absolute atomic E-state index is 0.0751. The molecular weight excluding hydrogens is 286 g/mol. The van der Waals surface area contributed by atoms with Gasteiger partial charge < -0.3 is 19.5 Å². The maximum Gasteiger partial charge on any atom is 0.305 e. The zero-order valence-electron chi connectivity index (χ0n) is 13.5. The summed E-state index contributed by atoms with van der Waals surface area (Å²) >= 11 is 0. The minimum atomic E-state index is -0.219. The van der Waals surface area contributed by atoms with E-state index in [1.807, 2.05) is 0 Å². The van der Waals surface area contributed by atoms with E-state index in [0.717, 1.165) is 0 Å². The highest BCUT2D eigenvalue weighted by molar-refractivity contribution is 6.00. The fraction of sp³-hybridized carbons (Fsp3) is 0.500. The van der Waals surface area contributed by atoms with Crippen LogP contribution in [0.15, 0.2) is 12.1 Å². The Labute approximate surface area is 130 Å². The Balaban J connectivity index is 2.76. The maximum absolute atomic E-state index is 11.7. The molecular formula is C16H23NO5. The molecule has 1 N–H and O–H groups in total. The zero-order chi connectivity index (χ0) is 16.5. The normalized spacial score (nSPS) is 10.0. The van der Waals surface area contributed by atoms with Crippen molar-refractivity contribution in [1.29, 1.82) is 0 Å². The lowest BCUT2D eigenvalue weighted by atomic mass is 10.1. The molecule has 6 nitrogen and oxygen atoms in total. The maximum atomic E-state index is 11.7. The van der Waals surface area contributed by atoms with Gasteiger partial charge in [-0.3, -0.25) is 9.59 Å². The monoisotopic (exact) mass is 309 g/mol. The molecule has 0 aliphatic heterocycles. The van der Waals surface area contributed by atoms with Crippen LogP contribution in [0.3, 0.4) is 0 Å². The van der Waals surface area contributed by atoms with Crippen LogP contribution < -0.4 is 14.8 Å². The van der Waals surface area contributed by atoms with Crippen molar-refractivity contribution in [1.82, 2.24) is 0 Å². The van der Waals surface area contributed by atoms with E-state index in [1.165, 1.54) is 21.1 Å². The molecule has 0 spiro atoms. The molecule has 0 radical (unpaired) electrons. The molecule has 0 bridgehead atoms. The number of hydrogen-bond donors (Lipinski definition) is 1. The van der Waals surface area contributed by atoms with E-state index in [2.05, 4.69) is 5.32 Å². The summed E-state index contributed by atoms with van der Waals surface area (Å²) in [5, 5.41) is 3.15. The molecule has 1 rings (SSSR count). The van der Waals surface area contributed by atoms with Gasteiger partial charge in [0.15, 0.2) is 17.3 Å². The van der Waals surface area contributed by atoms with Crippen LogP contribution in [0.4, 0.5) is 5.69 Å². The first-order valence-corrected chi connectivity index (χ1v) is 7.19. The van der Waals surface area contributed by atoms with E-state index in [-0.39, 0.29) is 11.8 Å². The second kappa shape index (κ2) is 8.92. The molecule has 0 aliphatic carbocycles. The average molecular weight is 309 g/mol. The Hall–Kier alpha value is -2.24. The van der Waals surface area contributed by atoms with E-state index in [1.54, 1.807) is 19.1 Å². The molecule has 0 fully saturated rings.